The molecule has 0 radical (unpaired) electrons. The molecule has 0 aliphatic heterocycles. The van der Waals surface area contributed by atoms with Gasteiger partial charge in [0.2, 0.25) is 0 Å². The average molecular weight is 258 g/mol. The molecular formula is C13H17ClFNO. The van der Waals surface area contributed by atoms with Crippen molar-refractivity contribution in [1.29, 1.82) is 0 Å². The monoisotopic (exact) mass is 257 g/mol. The maximum atomic E-state index is 13.6. The van der Waals surface area contributed by atoms with Crippen molar-refractivity contribution in [3.05, 3.63) is 34.6 Å². The quantitative estimate of drug-likeness (QED) is 0.902. The lowest BCUT2D eigenvalue weighted by atomic mass is 9.93. The summed E-state index contributed by atoms with van der Waals surface area (Å²) in [6, 6.07) is 5.19. The molecule has 17 heavy (non-hydrogen) atoms. The molecule has 1 fully saturated rings. The predicted octanol–water partition coefficient (Wildman–Crippen LogP) is 3.27. The number of nitrogens with two attached hydrogens (primary N) is 1. The van der Waals surface area contributed by atoms with E-state index in [2.05, 4.69) is 0 Å². The Morgan fingerprint density at radius 2 is 2.24 bits per heavy atom. The minimum absolute atomic E-state index is 0.145. The number of benzene rings is 1. The third kappa shape index (κ3) is 3.41. The van der Waals surface area contributed by atoms with Crippen LogP contribution >= 0.6 is 11.6 Å². The molecule has 2 atom stereocenters. The van der Waals surface area contributed by atoms with Gasteiger partial charge >= 0.3 is 0 Å². The standard InChI is InChI=1S/C13H17ClFNO/c14-12-6-1-3-9(13(12)15)8-17-11-5-2-4-10(16)7-11/h1,3,6,10-11H,2,4-5,7-8,16H2. The maximum absolute atomic E-state index is 13.6. The van der Waals surface area contributed by atoms with Gasteiger partial charge in [-0.1, -0.05) is 23.7 Å². The molecule has 2 unspecified atom stereocenters. The van der Waals surface area contributed by atoms with Crippen molar-refractivity contribution < 1.29 is 9.13 Å². The first kappa shape index (κ1) is 12.8. The highest BCUT2D eigenvalue weighted by Gasteiger charge is 2.20. The van der Waals surface area contributed by atoms with Crippen molar-refractivity contribution in [3.63, 3.8) is 0 Å². The third-order valence-corrected chi connectivity index (χ3v) is 3.46. The molecule has 1 aromatic rings. The second-order valence-electron chi connectivity index (χ2n) is 4.57. The largest absolute Gasteiger partial charge is 0.373 e. The Balaban J connectivity index is 1.91. The fraction of sp³-hybridized carbons (Fsp3) is 0.538. The van der Waals surface area contributed by atoms with Gasteiger partial charge in [-0.2, -0.15) is 0 Å². The maximum Gasteiger partial charge on any atom is 0.147 e. The molecule has 1 aromatic carbocycles. The van der Waals surface area contributed by atoms with E-state index in [0.29, 0.717) is 5.56 Å². The molecule has 0 heterocycles. The van der Waals surface area contributed by atoms with Crippen LogP contribution in [0, 0.1) is 5.82 Å². The number of ether oxygens (including phenoxy) is 1. The second kappa shape index (κ2) is 5.80. The Hall–Kier alpha value is -0.640. The van der Waals surface area contributed by atoms with E-state index in [-0.39, 0.29) is 29.6 Å². The van der Waals surface area contributed by atoms with Gasteiger partial charge in [0.05, 0.1) is 17.7 Å². The van der Waals surface area contributed by atoms with Crippen LogP contribution in [0.2, 0.25) is 5.02 Å². The van der Waals surface area contributed by atoms with E-state index in [1.807, 2.05) is 0 Å². The van der Waals surface area contributed by atoms with E-state index < -0.39 is 0 Å². The van der Waals surface area contributed by atoms with Crippen LogP contribution in [0.25, 0.3) is 0 Å². The Kier molecular flexibility index (Phi) is 4.37. The van der Waals surface area contributed by atoms with Crippen LogP contribution in [0.4, 0.5) is 4.39 Å². The van der Waals surface area contributed by atoms with Gasteiger partial charge in [0.25, 0.3) is 0 Å². The van der Waals surface area contributed by atoms with Crippen LogP contribution in [-0.4, -0.2) is 12.1 Å². The molecule has 0 spiro atoms. The van der Waals surface area contributed by atoms with Crippen molar-refractivity contribution in [1.82, 2.24) is 0 Å². The Morgan fingerprint density at radius 3 is 3.00 bits per heavy atom. The fourth-order valence-corrected chi connectivity index (χ4v) is 2.39. The normalized spacial score (nSPS) is 24.9. The summed E-state index contributed by atoms with van der Waals surface area (Å²) in [5.74, 6) is -0.380. The Bertz CT molecular complexity index is 386. The highest BCUT2D eigenvalue weighted by molar-refractivity contribution is 6.30. The summed E-state index contributed by atoms with van der Waals surface area (Å²) < 4.78 is 19.3. The molecule has 0 amide bonds. The van der Waals surface area contributed by atoms with Crippen molar-refractivity contribution in [2.24, 2.45) is 5.73 Å². The first-order valence-electron chi connectivity index (χ1n) is 5.97. The molecule has 2 N–H and O–H groups in total. The molecule has 1 aliphatic carbocycles. The summed E-state index contributed by atoms with van der Waals surface area (Å²) in [4.78, 5) is 0. The van der Waals surface area contributed by atoms with Gasteiger partial charge in [-0.05, 0) is 31.7 Å². The zero-order chi connectivity index (χ0) is 12.3. The Labute approximate surface area is 106 Å². The summed E-state index contributed by atoms with van der Waals surface area (Å²) in [6.45, 7) is 0.268. The third-order valence-electron chi connectivity index (χ3n) is 3.17. The first-order chi connectivity index (χ1) is 8.16. The van der Waals surface area contributed by atoms with E-state index >= 15 is 0 Å². The Morgan fingerprint density at radius 1 is 1.41 bits per heavy atom. The van der Waals surface area contributed by atoms with Gasteiger partial charge in [-0.15, -0.1) is 0 Å². The van der Waals surface area contributed by atoms with Crippen molar-refractivity contribution in [2.45, 2.75) is 44.4 Å². The van der Waals surface area contributed by atoms with Crippen LogP contribution in [0.3, 0.4) is 0 Å². The highest BCUT2D eigenvalue weighted by atomic mass is 35.5. The predicted molar refractivity (Wildman–Crippen MR) is 66.4 cm³/mol. The molecule has 0 saturated heterocycles. The summed E-state index contributed by atoms with van der Waals surface area (Å²) in [6.07, 6.45) is 4.17. The second-order valence-corrected chi connectivity index (χ2v) is 4.98. The smallest absolute Gasteiger partial charge is 0.147 e. The van der Waals surface area contributed by atoms with Crippen molar-refractivity contribution >= 4 is 11.6 Å². The number of hydrogen-bond acceptors (Lipinski definition) is 2. The lowest BCUT2D eigenvalue weighted by Crippen LogP contribution is -2.32. The van der Waals surface area contributed by atoms with Crippen molar-refractivity contribution in [2.75, 3.05) is 0 Å². The summed E-state index contributed by atoms with van der Waals surface area (Å²) >= 11 is 5.71. The SMILES string of the molecule is NC1CCCC(OCc2cccc(Cl)c2F)C1. The highest BCUT2D eigenvalue weighted by Crippen LogP contribution is 2.23. The zero-order valence-electron chi connectivity index (χ0n) is 9.66. The molecule has 1 aliphatic rings. The summed E-state index contributed by atoms with van der Waals surface area (Å²) in [5, 5.41) is 0.145. The van der Waals surface area contributed by atoms with Crippen molar-refractivity contribution in [3.8, 4) is 0 Å². The lowest BCUT2D eigenvalue weighted by Gasteiger charge is -2.26. The lowest BCUT2D eigenvalue weighted by molar-refractivity contribution is 0.0110. The van der Waals surface area contributed by atoms with E-state index in [1.54, 1.807) is 12.1 Å². The minimum atomic E-state index is -0.380. The minimum Gasteiger partial charge on any atom is -0.373 e. The van der Waals surface area contributed by atoms with Gasteiger partial charge in [-0.3, -0.25) is 0 Å². The van der Waals surface area contributed by atoms with E-state index in [0.717, 1.165) is 25.7 Å². The van der Waals surface area contributed by atoms with E-state index in [4.69, 9.17) is 22.1 Å². The van der Waals surface area contributed by atoms with Gasteiger partial charge in [-0.25, -0.2) is 4.39 Å². The molecule has 2 rings (SSSR count). The van der Waals surface area contributed by atoms with Crippen LogP contribution < -0.4 is 5.73 Å². The molecule has 2 nitrogen and oxygen atoms in total. The van der Waals surface area contributed by atoms with Gasteiger partial charge in [0.1, 0.15) is 5.82 Å². The fourth-order valence-electron chi connectivity index (χ4n) is 2.20. The zero-order valence-corrected chi connectivity index (χ0v) is 10.4. The molecular weight excluding hydrogens is 241 g/mol. The van der Waals surface area contributed by atoms with Gasteiger partial charge in [0, 0.05) is 11.6 Å². The summed E-state index contributed by atoms with van der Waals surface area (Å²) in [5.41, 5.74) is 6.38. The van der Waals surface area contributed by atoms with Gasteiger partial charge in [0.15, 0.2) is 0 Å². The number of rotatable bonds is 3. The molecule has 94 valence electrons. The number of halogens is 2. The molecule has 0 bridgehead atoms. The molecule has 1 saturated carbocycles. The van der Waals surface area contributed by atoms with Crippen LogP contribution in [-0.2, 0) is 11.3 Å². The summed E-state index contributed by atoms with van der Waals surface area (Å²) in [7, 11) is 0. The average Bonchev–Trinajstić information content (AvgIpc) is 2.31. The van der Waals surface area contributed by atoms with Crippen LogP contribution in [0.15, 0.2) is 18.2 Å². The number of hydrogen-bond donors (Lipinski definition) is 1. The topological polar surface area (TPSA) is 35.2 Å². The van der Waals surface area contributed by atoms with E-state index in [1.165, 1.54) is 6.07 Å². The first-order valence-corrected chi connectivity index (χ1v) is 6.34. The molecule has 4 heteroatoms. The van der Waals surface area contributed by atoms with Crippen LogP contribution in [0.1, 0.15) is 31.2 Å². The van der Waals surface area contributed by atoms with Crippen LogP contribution in [0.5, 0.6) is 0 Å². The van der Waals surface area contributed by atoms with Gasteiger partial charge < -0.3 is 10.5 Å². The van der Waals surface area contributed by atoms with E-state index in [9.17, 15) is 4.39 Å². The molecule has 0 aromatic heterocycles.